The van der Waals surface area contributed by atoms with E-state index in [4.69, 9.17) is 4.74 Å². The number of benzene rings is 1. The molecule has 1 saturated heterocycles. The minimum absolute atomic E-state index is 0.178. The second-order valence-corrected chi connectivity index (χ2v) is 5.94. The van der Waals surface area contributed by atoms with Gasteiger partial charge >= 0.3 is 5.97 Å². The number of aryl methyl sites for hydroxylation is 1. The molecule has 1 aromatic carbocycles. The van der Waals surface area contributed by atoms with Crippen molar-refractivity contribution >= 4 is 23.6 Å². The highest BCUT2D eigenvalue weighted by molar-refractivity contribution is 7.99. The summed E-state index contributed by atoms with van der Waals surface area (Å²) in [6.07, 6.45) is 0.448. The first-order valence-corrected chi connectivity index (χ1v) is 7.49. The molecule has 0 radical (unpaired) electrons. The molecule has 1 aliphatic rings. The average Bonchev–Trinajstić information content (AvgIpc) is 2.88. The van der Waals surface area contributed by atoms with Crippen molar-refractivity contribution in [1.82, 2.24) is 5.32 Å². The minimum atomic E-state index is -1.14. The van der Waals surface area contributed by atoms with Crippen LogP contribution in [0.2, 0.25) is 0 Å². The zero-order valence-corrected chi connectivity index (χ0v) is 12.0. The molecule has 1 atom stereocenters. The van der Waals surface area contributed by atoms with Gasteiger partial charge in [0.25, 0.3) is 5.91 Å². The van der Waals surface area contributed by atoms with Gasteiger partial charge in [0.2, 0.25) is 0 Å². The number of ether oxygens (including phenoxy) is 1. The van der Waals surface area contributed by atoms with Crippen LogP contribution in [0.5, 0.6) is 5.75 Å². The van der Waals surface area contributed by atoms with E-state index in [2.05, 4.69) is 5.32 Å². The summed E-state index contributed by atoms with van der Waals surface area (Å²) in [5.74, 6) is 0.349. The van der Waals surface area contributed by atoms with Crippen molar-refractivity contribution in [2.75, 3.05) is 18.1 Å². The smallest absolute Gasteiger partial charge is 0.330 e. The molecule has 1 aromatic rings. The number of thioether (sulfide) groups is 1. The molecular weight excluding hydrogens is 278 g/mol. The fourth-order valence-corrected chi connectivity index (χ4v) is 3.30. The molecule has 5 nitrogen and oxygen atoms in total. The van der Waals surface area contributed by atoms with Crippen LogP contribution in [0.3, 0.4) is 0 Å². The molecule has 2 N–H and O–H groups in total. The molecule has 1 aliphatic heterocycles. The first-order valence-electron chi connectivity index (χ1n) is 6.33. The zero-order chi connectivity index (χ0) is 14.6. The summed E-state index contributed by atoms with van der Waals surface area (Å²) >= 11 is 1.53. The van der Waals surface area contributed by atoms with Crippen LogP contribution in [0.1, 0.15) is 12.0 Å². The van der Waals surface area contributed by atoms with E-state index in [1.54, 1.807) is 12.1 Å². The summed E-state index contributed by atoms with van der Waals surface area (Å²) in [6, 6.07) is 7.33. The number of carbonyl (C=O) groups excluding carboxylic acids is 1. The Morgan fingerprint density at radius 1 is 1.40 bits per heavy atom. The van der Waals surface area contributed by atoms with Crippen LogP contribution in [-0.4, -0.2) is 40.6 Å². The van der Waals surface area contributed by atoms with Crippen LogP contribution in [0.15, 0.2) is 24.3 Å². The van der Waals surface area contributed by atoms with Gasteiger partial charge in [-0.1, -0.05) is 17.7 Å². The van der Waals surface area contributed by atoms with Crippen LogP contribution in [0, 0.1) is 6.92 Å². The minimum Gasteiger partial charge on any atom is -0.484 e. The first kappa shape index (κ1) is 14.7. The van der Waals surface area contributed by atoms with Crippen molar-refractivity contribution in [3.63, 3.8) is 0 Å². The molecule has 1 heterocycles. The van der Waals surface area contributed by atoms with E-state index in [0.29, 0.717) is 17.9 Å². The summed E-state index contributed by atoms with van der Waals surface area (Å²) in [5.41, 5.74) is -0.0344. The van der Waals surface area contributed by atoms with Gasteiger partial charge < -0.3 is 15.2 Å². The molecule has 20 heavy (non-hydrogen) atoms. The Balaban J connectivity index is 1.89. The summed E-state index contributed by atoms with van der Waals surface area (Å²) in [5, 5.41) is 11.8. The SMILES string of the molecule is Cc1ccc(OCC(=O)NC2(C(=O)O)CCSC2)cc1. The Labute approximate surface area is 121 Å². The molecule has 0 saturated carbocycles. The van der Waals surface area contributed by atoms with E-state index in [9.17, 15) is 14.7 Å². The van der Waals surface area contributed by atoms with E-state index in [1.807, 2.05) is 19.1 Å². The number of carbonyl (C=O) groups is 2. The average molecular weight is 295 g/mol. The number of hydrogen-bond acceptors (Lipinski definition) is 4. The van der Waals surface area contributed by atoms with E-state index >= 15 is 0 Å². The number of amides is 1. The standard InChI is InChI=1S/C14H17NO4S/c1-10-2-4-11(5-3-10)19-8-12(16)15-14(13(17)18)6-7-20-9-14/h2-5H,6-9H2,1H3,(H,15,16)(H,17,18). The molecule has 1 fully saturated rings. The zero-order valence-electron chi connectivity index (χ0n) is 11.2. The fraction of sp³-hybridized carbons (Fsp3) is 0.429. The van der Waals surface area contributed by atoms with Crippen molar-refractivity contribution in [3.05, 3.63) is 29.8 Å². The second kappa shape index (κ2) is 6.17. The molecule has 0 bridgehead atoms. The number of hydrogen-bond donors (Lipinski definition) is 2. The topological polar surface area (TPSA) is 75.6 Å². The summed E-state index contributed by atoms with van der Waals surface area (Å²) in [6.45, 7) is 1.79. The van der Waals surface area contributed by atoms with Crippen LogP contribution in [0.25, 0.3) is 0 Å². The highest BCUT2D eigenvalue weighted by Crippen LogP contribution is 2.28. The highest BCUT2D eigenvalue weighted by atomic mass is 32.2. The quantitative estimate of drug-likeness (QED) is 0.860. The lowest BCUT2D eigenvalue weighted by Crippen LogP contribution is -2.55. The lowest BCUT2D eigenvalue weighted by atomic mass is 9.99. The van der Waals surface area contributed by atoms with Gasteiger partial charge in [-0.3, -0.25) is 4.79 Å². The van der Waals surface area contributed by atoms with Crippen molar-refractivity contribution in [1.29, 1.82) is 0 Å². The Bertz CT molecular complexity index is 494. The van der Waals surface area contributed by atoms with E-state index < -0.39 is 17.4 Å². The monoisotopic (exact) mass is 295 g/mol. The molecule has 0 aromatic heterocycles. The lowest BCUT2D eigenvalue weighted by Gasteiger charge is -2.24. The molecule has 1 amide bonds. The maximum absolute atomic E-state index is 11.8. The third kappa shape index (κ3) is 3.45. The predicted octanol–water partition coefficient (Wildman–Crippen LogP) is 1.45. The van der Waals surface area contributed by atoms with Gasteiger partial charge in [0.05, 0.1) is 0 Å². The Hall–Kier alpha value is -1.69. The molecular formula is C14H17NO4S. The van der Waals surface area contributed by atoms with Gasteiger partial charge in [-0.05, 0) is 31.2 Å². The number of carboxylic acid groups (broad SMARTS) is 1. The van der Waals surface area contributed by atoms with Crippen LogP contribution in [0.4, 0.5) is 0 Å². The van der Waals surface area contributed by atoms with Gasteiger partial charge in [0.15, 0.2) is 6.61 Å². The van der Waals surface area contributed by atoms with Gasteiger partial charge in [-0.15, -0.1) is 0 Å². The lowest BCUT2D eigenvalue weighted by molar-refractivity contribution is -0.146. The van der Waals surface area contributed by atoms with Crippen LogP contribution in [-0.2, 0) is 9.59 Å². The molecule has 2 rings (SSSR count). The Morgan fingerprint density at radius 3 is 2.65 bits per heavy atom. The van der Waals surface area contributed by atoms with Gasteiger partial charge in [-0.2, -0.15) is 11.8 Å². The van der Waals surface area contributed by atoms with Crippen LogP contribution >= 0.6 is 11.8 Å². The predicted molar refractivity (Wildman–Crippen MR) is 77.1 cm³/mol. The molecule has 6 heteroatoms. The number of aliphatic carboxylic acids is 1. The summed E-state index contributed by atoms with van der Waals surface area (Å²) in [7, 11) is 0. The van der Waals surface area contributed by atoms with E-state index in [1.165, 1.54) is 11.8 Å². The molecule has 0 spiro atoms. The molecule has 0 aliphatic carbocycles. The molecule has 1 unspecified atom stereocenters. The highest BCUT2D eigenvalue weighted by Gasteiger charge is 2.43. The second-order valence-electron chi connectivity index (χ2n) is 4.84. The summed E-state index contributed by atoms with van der Waals surface area (Å²) in [4.78, 5) is 23.1. The number of nitrogens with one attached hydrogen (secondary N) is 1. The third-order valence-electron chi connectivity index (χ3n) is 3.20. The first-order chi connectivity index (χ1) is 9.52. The normalized spacial score (nSPS) is 21.4. The van der Waals surface area contributed by atoms with Gasteiger partial charge in [0.1, 0.15) is 11.3 Å². The van der Waals surface area contributed by atoms with Gasteiger partial charge in [0, 0.05) is 5.75 Å². The van der Waals surface area contributed by atoms with Crippen molar-refractivity contribution in [3.8, 4) is 5.75 Å². The number of carboxylic acids is 1. The Kier molecular flexibility index (Phi) is 4.54. The molecule has 108 valence electrons. The van der Waals surface area contributed by atoms with Crippen molar-refractivity contribution in [2.45, 2.75) is 18.9 Å². The maximum atomic E-state index is 11.8. The largest absolute Gasteiger partial charge is 0.484 e. The number of rotatable bonds is 5. The van der Waals surface area contributed by atoms with E-state index in [-0.39, 0.29) is 6.61 Å². The summed E-state index contributed by atoms with van der Waals surface area (Å²) < 4.78 is 5.35. The van der Waals surface area contributed by atoms with Crippen molar-refractivity contribution in [2.24, 2.45) is 0 Å². The third-order valence-corrected chi connectivity index (χ3v) is 4.39. The Morgan fingerprint density at radius 2 is 2.10 bits per heavy atom. The van der Waals surface area contributed by atoms with Crippen LogP contribution < -0.4 is 10.1 Å². The van der Waals surface area contributed by atoms with Crippen molar-refractivity contribution < 1.29 is 19.4 Å². The van der Waals surface area contributed by atoms with E-state index in [0.717, 1.165) is 11.3 Å². The van der Waals surface area contributed by atoms with Gasteiger partial charge in [-0.25, -0.2) is 4.79 Å². The maximum Gasteiger partial charge on any atom is 0.330 e. The fourth-order valence-electron chi connectivity index (χ4n) is 1.97.